The first-order valence-corrected chi connectivity index (χ1v) is 14.5. The third-order valence-electron chi connectivity index (χ3n) is 7.19. The molecule has 0 amide bonds. The van der Waals surface area contributed by atoms with Crippen molar-refractivity contribution >= 4 is 11.0 Å². The highest BCUT2D eigenvalue weighted by Crippen LogP contribution is 2.33. The summed E-state index contributed by atoms with van der Waals surface area (Å²) in [5.41, 5.74) is 6.62. The van der Waals surface area contributed by atoms with E-state index in [-0.39, 0.29) is 18.8 Å². The number of aliphatic hydroxyl groups is 2. The van der Waals surface area contributed by atoms with Crippen molar-refractivity contribution in [3.8, 4) is 5.75 Å². The van der Waals surface area contributed by atoms with Crippen LogP contribution in [-0.2, 0) is 17.8 Å². The highest BCUT2D eigenvalue weighted by molar-refractivity contribution is 5.77. The molecule has 5 heteroatoms. The van der Waals surface area contributed by atoms with E-state index >= 15 is 0 Å². The van der Waals surface area contributed by atoms with Gasteiger partial charge in [-0.15, -0.1) is 0 Å². The van der Waals surface area contributed by atoms with E-state index in [4.69, 9.17) is 13.9 Å². The van der Waals surface area contributed by atoms with Crippen molar-refractivity contribution in [2.75, 3.05) is 6.61 Å². The van der Waals surface area contributed by atoms with E-state index in [0.717, 1.165) is 40.0 Å². The largest absolute Gasteiger partial charge is 0.486 e. The zero-order valence-corrected chi connectivity index (χ0v) is 24.8. The first kappa shape index (κ1) is 31.0. The fraction of sp³-hybridized carbons (Fsp3) is 0.297. The molecule has 5 nitrogen and oxygen atoms in total. The lowest BCUT2D eigenvalue weighted by Gasteiger charge is -2.32. The Morgan fingerprint density at radius 3 is 2.52 bits per heavy atom. The van der Waals surface area contributed by atoms with Crippen molar-refractivity contribution in [3.05, 3.63) is 137 Å². The van der Waals surface area contributed by atoms with Gasteiger partial charge in [0, 0.05) is 18.2 Å². The van der Waals surface area contributed by atoms with Crippen LogP contribution < -0.4 is 4.74 Å². The van der Waals surface area contributed by atoms with Gasteiger partial charge in [0.15, 0.2) is 0 Å². The third-order valence-corrected chi connectivity index (χ3v) is 7.19. The second kappa shape index (κ2) is 15.4. The Bertz CT molecular complexity index is 1460. The van der Waals surface area contributed by atoms with Crippen LogP contribution in [0.5, 0.6) is 5.75 Å². The van der Waals surface area contributed by atoms with Crippen molar-refractivity contribution < 1.29 is 24.1 Å². The summed E-state index contributed by atoms with van der Waals surface area (Å²) >= 11 is 0. The normalized spacial score (nSPS) is 18.7. The second-order valence-electron chi connectivity index (χ2n) is 10.8. The molecule has 42 heavy (non-hydrogen) atoms. The number of allylic oxidation sites excluding steroid dienone is 5. The Kier molecular flexibility index (Phi) is 11.4. The van der Waals surface area contributed by atoms with Gasteiger partial charge in [-0.1, -0.05) is 85.0 Å². The number of ether oxygens (including phenoxy) is 2. The minimum absolute atomic E-state index is 0.0724. The number of furan rings is 1. The first-order valence-electron chi connectivity index (χ1n) is 14.5. The minimum Gasteiger partial charge on any atom is -0.486 e. The Morgan fingerprint density at radius 2 is 1.81 bits per heavy atom. The molecule has 1 aromatic heterocycles. The molecule has 1 saturated heterocycles. The topological polar surface area (TPSA) is 72.1 Å². The fourth-order valence-electron chi connectivity index (χ4n) is 4.92. The molecule has 1 aliphatic rings. The summed E-state index contributed by atoms with van der Waals surface area (Å²) in [7, 11) is 0. The summed E-state index contributed by atoms with van der Waals surface area (Å²) in [6, 6.07) is 24.4. The molecule has 5 rings (SSSR count). The number of fused-ring (bicyclic) bond motifs is 1. The quantitative estimate of drug-likeness (QED) is 0.200. The van der Waals surface area contributed by atoms with E-state index < -0.39 is 6.10 Å². The van der Waals surface area contributed by atoms with Crippen LogP contribution in [0.3, 0.4) is 0 Å². The Labute approximate surface area is 249 Å². The van der Waals surface area contributed by atoms with Crippen LogP contribution in [0, 0.1) is 6.92 Å². The number of hydrogen-bond acceptors (Lipinski definition) is 5. The van der Waals surface area contributed by atoms with Crippen molar-refractivity contribution in [1.29, 1.82) is 0 Å². The standard InChI is InChI=1S/C29H30O5.C8H12/c1-19-6-9-22(29-16-24(31)15-26(17-30)33-29)13-23(19)12-20-7-10-25(11-8-20)32-18-27-14-21-4-2-3-5-28(21)34-27;1-4-5-6-7-8(2)3/h2-11,13-14,24,26,29-31H,12,15-18H2,1H3;4-7H,2H2,1,3H3/b;5-4-,7-6-. The lowest BCUT2D eigenvalue weighted by Crippen LogP contribution is -2.33. The summed E-state index contributed by atoms with van der Waals surface area (Å²) < 4.78 is 17.7. The molecular weight excluding hydrogens is 524 g/mol. The molecule has 3 unspecified atom stereocenters. The molecule has 4 aromatic rings. The molecule has 0 saturated carbocycles. The number of hydrogen-bond donors (Lipinski definition) is 2. The Morgan fingerprint density at radius 1 is 1.02 bits per heavy atom. The van der Waals surface area contributed by atoms with Gasteiger partial charge in [0.05, 0.1) is 24.9 Å². The highest BCUT2D eigenvalue weighted by atomic mass is 16.5. The molecule has 3 atom stereocenters. The van der Waals surface area contributed by atoms with Crippen LogP contribution in [0.15, 0.2) is 114 Å². The number of aryl methyl sites for hydroxylation is 1. The van der Waals surface area contributed by atoms with Gasteiger partial charge in [-0.25, -0.2) is 0 Å². The maximum absolute atomic E-state index is 10.2. The van der Waals surface area contributed by atoms with Crippen molar-refractivity contribution in [2.45, 2.75) is 65.0 Å². The maximum atomic E-state index is 10.2. The van der Waals surface area contributed by atoms with E-state index in [1.165, 1.54) is 16.7 Å². The Hall–Kier alpha value is -3.90. The van der Waals surface area contributed by atoms with E-state index in [2.05, 4.69) is 43.8 Å². The van der Waals surface area contributed by atoms with Gasteiger partial charge in [-0.05, 0) is 73.7 Å². The molecule has 0 aliphatic carbocycles. The van der Waals surface area contributed by atoms with Crippen molar-refractivity contribution in [2.24, 2.45) is 0 Å². The van der Waals surface area contributed by atoms with Crippen LogP contribution in [-0.4, -0.2) is 29.0 Å². The van der Waals surface area contributed by atoms with Gasteiger partial charge in [0.2, 0.25) is 0 Å². The van der Waals surface area contributed by atoms with Crippen LogP contribution in [0.4, 0.5) is 0 Å². The van der Waals surface area contributed by atoms with E-state index in [1.807, 2.05) is 80.6 Å². The lowest BCUT2D eigenvalue weighted by atomic mass is 9.92. The number of aliphatic hydroxyl groups excluding tert-OH is 2. The third kappa shape index (κ3) is 9.05. The molecular formula is C37H42O5. The maximum Gasteiger partial charge on any atom is 0.146 e. The second-order valence-corrected chi connectivity index (χ2v) is 10.8. The Balaban J connectivity index is 0.000000446. The van der Waals surface area contributed by atoms with Gasteiger partial charge in [-0.2, -0.15) is 0 Å². The molecule has 220 valence electrons. The fourth-order valence-corrected chi connectivity index (χ4v) is 4.92. The van der Waals surface area contributed by atoms with Crippen LogP contribution >= 0.6 is 0 Å². The van der Waals surface area contributed by atoms with E-state index in [1.54, 1.807) is 0 Å². The van der Waals surface area contributed by atoms with E-state index in [0.29, 0.717) is 19.4 Å². The first-order chi connectivity index (χ1) is 20.3. The summed E-state index contributed by atoms with van der Waals surface area (Å²) in [6.45, 7) is 10.1. The van der Waals surface area contributed by atoms with Crippen molar-refractivity contribution in [3.63, 3.8) is 0 Å². The lowest BCUT2D eigenvalue weighted by molar-refractivity contribution is -0.113. The molecule has 1 aliphatic heterocycles. The molecule has 0 bridgehead atoms. The zero-order chi connectivity index (χ0) is 29.9. The monoisotopic (exact) mass is 566 g/mol. The predicted octanol–water partition coefficient (Wildman–Crippen LogP) is 8.18. The summed E-state index contributed by atoms with van der Waals surface area (Å²) in [5.74, 6) is 1.60. The molecule has 1 fully saturated rings. The number of benzene rings is 3. The summed E-state index contributed by atoms with van der Waals surface area (Å²) in [6.07, 6.45) is 8.78. The molecule has 2 heterocycles. The molecule has 3 aromatic carbocycles. The average molecular weight is 567 g/mol. The van der Waals surface area contributed by atoms with Gasteiger partial charge in [-0.3, -0.25) is 0 Å². The number of para-hydroxylation sites is 1. The van der Waals surface area contributed by atoms with Gasteiger partial charge in [0.1, 0.15) is 23.7 Å². The minimum atomic E-state index is -0.451. The molecule has 0 radical (unpaired) electrons. The highest BCUT2D eigenvalue weighted by Gasteiger charge is 2.29. The van der Waals surface area contributed by atoms with Crippen molar-refractivity contribution in [1.82, 2.24) is 0 Å². The van der Waals surface area contributed by atoms with E-state index in [9.17, 15) is 10.2 Å². The van der Waals surface area contributed by atoms with Gasteiger partial charge < -0.3 is 24.1 Å². The SMILES string of the molecule is C=C(C)/C=C\C=C/C.Cc1ccc(C2CC(O)CC(CO)O2)cc1Cc1ccc(OCc2cc3ccccc3o2)cc1. The van der Waals surface area contributed by atoms with Gasteiger partial charge >= 0.3 is 0 Å². The summed E-state index contributed by atoms with van der Waals surface area (Å²) in [4.78, 5) is 0. The predicted molar refractivity (Wildman–Crippen MR) is 170 cm³/mol. The molecule has 2 N–H and O–H groups in total. The average Bonchev–Trinajstić information content (AvgIpc) is 3.41. The van der Waals surface area contributed by atoms with Crippen LogP contribution in [0.2, 0.25) is 0 Å². The number of rotatable bonds is 9. The van der Waals surface area contributed by atoms with Gasteiger partial charge in [0.25, 0.3) is 0 Å². The smallest absolute Gasteiger partial charge is 0.146 e. The molecule has 0 spiro atoms. The zero-order valence-electron chi connectivity index (χ0n) is 24.8. The van der Waals surface area contributed by atoms with Crippen LogP contribution in [0.25, 0.3) is 11.0 Å². The summed E-state index contributed by atoms with van der Waals surface area (Å²) in [5, 5.41) is 20.7. The van der Waals surface area contributed by atoms with Crippen LogP contribution in [0.1, 0.15) is 60.8 Å².